The average Bonchev–Trinajstić information content (AvgIpc) is 2.60. The summed E-state index contributed by atoms with van der Waals surface area (Å²) in [5.41, 5.74) is 3.40. The highest BCUT2D eigenvalue weighted by atomic mass is 79.9. The number of hydrogen-bond donors (Lipinski definition) is 0. The van der Waals surface area contributed by atoms with Crippen LogP contribution < -0.4 is 9.47 Å². The highest BCUT2D eigenvalue weighted by Crippen LogP contribution is 2.55. The molecule has 3 nitrogen and oxygen atoms in total. The Bertz CT molecular complexity index is 807. The van der Waals surface area contributed by atoms with Crippen LogP contribution in [0.3, 0.4) is 0 Å². The highest BCUT2D eigenvalue weighted by Gasteiger charge is 2.46. The molecule has 1 aliphatic carbocycles. The van der Waals surface area contributed by atoms with E-state index in [1.807, 2.05) is 0 Å². The number of alkyl halides is 1. The van der Waals surface area contributed by atoms with Crippen LogP contribution in [0.2, 0.25) is 0 Å². The Hall–Kier alpha value is -1.29. The van der Waals surface area contributed by atoms with E-state index in [0.29, 0.717) is 17.6 Å². The maximum Gasteiger partial charge on any atom is 0.308 e. The van der Waals surface area contributed by atoms with Gasteiger partial charge in [-0.05, 0) is 69.6 Å². The Morgan fingerprint density at radius 2 is 2.03 bits per heavy atom. The van der Waals surface area contributed by atoms with Gasteiger partial charge in [-0.3, -0.25) is 4.79 Å². The number of carbonyl (C=O) groups is 1. The summed E-state index contributed by atoms with van der Waals surface area (Å²) >= 11 is 3.53. The molecule has 29 heavy (non-hydrogen) atoms. The predicted molar refractivity (Wildman–Crippen MR) is 122 cm³/mol. The van der Waals surface area contributed by atoms with E-state index < -0.39 is 0 Å². The average molecular weight is 463 g/mol. The molecule has 0 saturated carbocycles. The summed E-state index contributed by atoms with van der Waals surface area (Å²) in [6.07, 6.45) is 7.72. The minimum absolute atomic E-state index is 0.0150. The first-order valence-electron chi connectivity index (χ1n) is 10.8. The Morgan fingerprint density at radius 3 is 2.69 bits per heavy atom. The van der Waals surface area contributed by atoms with Crippen molar-refractivity contribution in [3.8, 4) is 11.5 Å². The largest absolute Gasteiger partial charge is 0.487 e. The number of halogens is 1. The first kappa shape index (κ1) is 22.4. The molecule has 1 aliphatic heterocycles. The van der Waals surface area contributed by atoms with Crippen molar-refractivity contribution in [2.45, 2.75) is 90.6 Å². The van der Waals surface area contributed by atoms with E-state index in [1.54, 1.807) is 0 Å². The van der Waals surface area contributed by atoms with Gasteiger partial charge in [-0.25, -0.2) is 0 Å². The number of fused-ring (bicyclic) bond motifs is 3. The lowest BCUT2D eigenvalue weighted by Gasteiger charge is -2.47. The second-order valence-electron chi connectivity index (χ2n) is 9.92. The first-order valence-corrected chi connectivity index (χ1v) is 11.9. The van der Waals surface area contributed by atoms with Gasteiger partial charge in [-0.15, -0.1) is 0 Å². The van der Waals surface area contributed by atoms with E-state index >= 15 is 0 Å². The lowest BCUT2D eigenvalue weighted by molar-refractivity contribution is -0.132. The molecule has 0 saturated heterocycles. The summed E-state index contributed by atoms with van der Waals surface area (Å²) in [7, 11) is 0. The molecule has 0 radical (unpaired) electrons. The lowest BCUT2D eigenvalue weighted by atomic mass is 9.66. The van der Waals surface area contributed by atoms with Gasteiger partial charge in [-0.1, -0.05) is 47.8 Å². The first-order chi connectivity index (χ1) is 13.5. The van der Waals surface area contributed by atoms with Crippen molar-refractivity contribution in [3.05, 3.63) is 34.9 Å². The molecule has 0 bridgehead atoms. The number of ether oxygens (including phenoxy) is 2. The van der Waals surface area contributed by atoms with Crippen molar-refractivity contribution in [2.75, 3.05) is 5.33 Å². The van der Waals surface area contributed by atoms with Crippen LogP contribution in [0.15, 0.2) is 23.8 Å². The van der Waals surface area contributed by atoms with Gasteiger partial charge in [0.2, 0.25) is 0 Å². The lowest BCUT2D eigenvalue weighted by Crippen LogP contribution is -2.45. The third-order valence-electron chi connectivity index (χ3n) is 6.71. The molecular weight excluding hydrogens is 428 g/mol. The van der Waals surface area contributed by atoms with Crippen LogP contribution >= 0.6 is 15.9 Å². The molecule has 0 fully saturated rings. The van der Waals surface area contributed by atoms with Crippen molar-refractivity contribution in [1.82, 2.24) is 0 Å². The molecule has 0 aromatic heterocycles. The van der Waals surface area contributed by atoms with E-state index in [4.69, 9.17) is 9.47 Å². The highest BCUT2D eigenvalue weighted by molar-refractivity contribution is 9.09. The third-order valence-corrected chi connectivity index (χ3v) is 7.27. The van der Waals surface area contributed by atoms with Crippen LogP contribution in [0.5, 0.6) is 11.5 Å². The van der Waals surface area contributed by atoms with Crippen molar-refractivity contribution in [3.63, 3.8) is 0 Å². The molecule has 1 heterocycles. The number of benzene rings is 1. The molecule has 0 unspecified atom stereocenters. The Balaban J connectivity index is 2.10. The Kier molecular flexibility index (Phi) is 6.53. The molecule has 2 aliphatic rings. The topological polar surface area (TPSA) is 35.5 Å². The van der Waals surface area contributed by atoms with Gasteiger partial charge in [0.25, 0.3) is 0 Å². The van der Waals surface area contributed by atoms with Gasteiger partial charge in [0.1, 0.15) is 17.1 Å². The smallest absolute Gasteiger partial charge is 0.308 e. The summed E-state index contributed by atoms with van der Waals surface area (Å²) < 4.78 is 12.4. The van der Waals surface area contributed by atoms with Gasteiger partial charge in [0.05, 0.1) is 0 Å². The standard InChI is InChI=1S/C25H35BrO3/c1-16-9-10-20-19(13-16)23-21(28-17(2)27)14-18(15-22(23)29-25(20,5)6)24(3,4)11-7-8-12-26/h9,14-15,19-20H,7-8,10-13H2,1-6H3/t19-,20-/m1/s1. The zero-order valence-electron chi connectivity index (χ0n) is 18.7. The molecule has 1 aromatic carbocycles. The molecular formula is C25H35BrO3. The molecule has 0 spiro atoms. The predicted octanol–water partition coefficient (Wildman–Crippen LogP) is 7.07. The minimum atomic E-state index is -0.272. The molecule has 1 aromatic rings. The molecule has 160 valence electrons. The molecule has 3 rings (SSSR count). The number of esters is 1. The van der Waals surface area contributed by atoms with Gasteiger partial charge < -0.3 is 9.47 Å². The summed E-state index contributed by atoms with van der Waals surface area (Å²) in [5.74, 6) is 2.02. The van der Waals surface area contributed by atoms with Crippen molar-refractivity contribution in [2.24, 2.45) is 5.92 Å². The minimum Gasteiger partial charge on any atom is -0.487 e. The quantitative estimate of drug-likeness (QED) is 0.149. The summed E-state index contributed by atoms with van der Waals surface area (Å²) in [5, 5.41) is 1.03. The maximum atomic E-state index is 11.9. The van der Waals surface area contributed by atoms with E-state index in [2.05, 4.69) is 68.8 Å². The Labute approximate surface area is 184 Å². The SMILES string of the molecule is CC(=O)Oc1cc(C(C)(C)CCCCBr)cc2c1[C@@H]1CC(C)=CC[C@H]1C(C)(C)O2. The van der Waals surface area contributed by atoms with Gasteiger partial charge in [-0.2, -0.15) is 0 Å². The molecule has 0 N–H and O–H groups in total. The fraction of sp³-hybridized carbons (Fsp3) is 0.640. The third kappa shape index (κ3) is 4.73. The number of allylic oxidation sites excluding steroid dienone is 2. The van der Waals surface area contributed by atoms with Crippen molar-refractivity contribution < 1.29 is 14.3 Å². The van der Waals surface area contributed by atoms with E-state index in [-0.39, 0.29) is 17.0 Å². The summed E-state index contributed by atoms with van der Waals surface area (Å²) in [6, 6.07) is 4.31. The van der Waals surface area contributed by atoms with Crippen molar-refractivity contribution in [1.29, 1.82) is 0 Å². The van der Waals surface area contributed by atoms with Gasteiger partial charge >= 0.3 is 5.97 Å². The molecule has 0 amide bonds. The number of rotatable bonds is 6. The molecule has 2 atom stereocenters. The maximum absolute atomic E-state index is 11.9. The van der Waals surface area contributed by atoms with Crippen LogP contribution in [0.25, 0.3) is 0 Å². The van der Waals surface area contributed by atoms with E-state index in [0.717, 1.165) is 48.7 Å². The van der Waals surface area contributed by atoms with E-state index in [9.17, 15) is 4.79 Å². The normalized spacial score (nSPS) is 22.8. The Morgan fingerprint density at radius 1 is 1.31 bits per heavy atom. The number of hydrogen-bond acceptors (Lipinski definition) is 3. The van der Waals surface area contributed by atoms with Gasteiger partial charge in [0, 0.05) is 29.7 Å². The second-order valence-corrected chi connectivity index (χ2v) is 10.7. The molecule has 4 heteroatoms. The second kappa shape index (κ2) is 8.45. The number of carbonyl (C=O) groups excluding carboxylic acids is 1. The summed E-state index contributed by atoms with van der Waals surface area (Å²) in [6.45, 7) is 12.6. The van der Waals surface area contributed by atoms with Crippen LogP contribution in [-0.4, -0.2) is 16.9 Å². The van der Waals surface area contributed by atoms with Crippen LogP contribution in [0.1, 0.15) is 90.7 Å². The van der Waals surface area contributed by atoms with Crippen LogP contribution in [0, 0.1) is 5.92 Å². The fourth-order valence-electron chi connectivity index (χ4n) is 4.98. The van der Waals surface area contributed by atoms with E-state index in [1.165, 1.54) is 18.1 Å². The number of unbranched alkanes of at least 4 members (excludes halogenated alkanes) is 1. The monoisotopic (exact) mass is 462 g/mol. The van der Waals surface area contributed by atoms with Crippen molar-refractivity contribution >= 4 is 21.9 Å². The zero-order chi connectivity index (χ0) is 21.4. The summed E-state index contributed by atoms with van der Waals surface area (Å²) in [4.78, 5) is 11.9. The van der Waals surface area contributed by atoms with Crippen LogP contribution in [0.4, 0.5) is 0 Å². The van der Waals surface area contributed by atoms with Gasteiger partial charge in [0.15, 0.2) is 0 Å². The van der Waals surface area contributed by atoms with Crippen LogP contribution in [-0.2, 0) is 10.2 Å². The fourth-order valence-corrected chi connectivity index (χ4v) is 5.38. The zero-order valence-corrected chi connectivity index (χ0v) is 20.3.